The van der Waals surface area contributed by atoms with Crippen molar-refractivity contribution in [1.82, 2.24) is 0 Å². The molecule has 0 radical (unpaired) electrons. The lowest BCUT2D eigenvalue weighted by Gasteiger charge is -2.08. The fourth-order valence-electron chi connectivity index (χ4n) is 1.39. The van der Waals surface area contributed by atoms with E-state index in [4.69, 9.17) is 10.5 Å². The molecule has 0 amide bonds. The first kappa shape index (κ1) is 11.6. The Balaban J connectivity index is 2.04. The van der Waals surface area contributed by atoms with Gasteiger partial charge in [0.05, 0.1) is 3.79 Å². The summed E-state index contributed by atoms with van der Waals surface area (Å²) in [6.07, 6.45) is 0. The van der Waals surface area contributed by atoms with Crippen molar-refractivity contribution in [2.75, 3.05) is 0 Å². The standard InChI is InChI=1S/C12H12BrNOS/c13-12-6-5-10(16-12)8-15-11-4-2-1-3-9(11)7-14/h1-6H,7-8,14H2. The molecule has 0 spiro atoms. The van der Waals surface area contributed by atoms with Gasteiger partial charge in [0.1, 0.15) is 12.4 Å². The Morgan fingerprint density at radius 1 is 1.19 bits per heavy atom. The first-order chi connectivity index (χ1) is 7.79. The van der Waals surface area contributed by atoms with Crippen LogP contribution in [-0.2, 0) is 13.2 Å². The van der Waals surface area contributed by atoms with Gasteiger partial charge in [-0.05, 0) is 34.1 Å². The van der Waals surface area contributed by atoms with Crippen LogP contribution in [0.4, 0.5) is 0 Å². The SMILES string of the molecule is NCc1ccccc1OCc1ccc(Br)s1. The molecule has 0 unspecified atom stereocenters. The van der Waals surface area contributed by atoms with Crippen molar-refractivity contribution in [2.45, 2.75) is 13.2 Å². The topological polar surface area (TPSA) is 35.2 Å². The van der Waals surface area contributed by atoms with Crippen LogP contribution in [0.2, 0.25) is 0 Å². The molecule has 0 saturated carbocycles. The van der Waals surface area contributed by atoms with Gasteiger partial charge in [0.2, 0.25) is 0 Å². The molecule has 2 aromatic rings. The van der Waals surface area contributed by atoms with Crippen molar-refractivity contribution in [3.05, 3.63) is 50.6 Å². The predicted octanol–water partition coefficient (Wildman–Crippen LogP) is 3.55. The van der Waals surface area contributed by atoms with E-state index in [-0.39, 0.29) is 0 Å². The van der Waals surface area contributed by atoms with Crippen LogP contribution in [0.25, 0.3) is 0 Å². The molecule has 2 rings (SSSR count). The van der Waals surface area contributed by atoms with E-state index in [1.807, 2.05) is 30.3 Å². The average molecular weight is 298 g/mol. The van der Waals surface area contributed by atoms with Crippen LogP contribution in [0.15, 0.2) is 40.2 Å². The lowest BCUT2D eigenvalue weighted by Crippen LogP contribution is -2.01. The number of hydrogen-bond donors (Lipinski definition) is 1. The Morgan fingerprint density at radius 3 is 2.69 bits per heavy atom. The van der Waals surface area contributed by atoms with Crippen LogP contribution in [0, 0.1) is 0 Å². The molecule has 2 N–H and O–H groups in total. The second kappa shape index (κ2) is 5.48. The van der Waals surface area contributed by atoms with E-state index in [2.05, 4.69) is 22.0 Å². The Bertz CT molecular complexity index is 470. The first-order valence-corrected chi connectivity index (χ1v) is 6.55. The van der Waals surface area contributed by atoms with E-state index in [1.165, 1.54) is 4.88 Å². The summed E-state index contributed by atoms with van der Waals surface area (Å²) in [7, 11) is 0. The number of hydrogen-bond acceptors (Lipinski definition) is 3. The van der Waals surface area contributed by atoms with Crippen molar-refractivity contribution in [3.63, 3.8) is 0 Å². The van der Waals surface area contributed by atoms with Gasteiger partial charge in [-0.15, -0.1) is 11.3 Å². The second-order valence-corrected chi connectivity index (χ2v) is 5.85. The zero-order valence-corrected chi connectivity index (χ0v) is 11.1. The highest BCUT2D eigenvalue weighted by atomic mass is 79.9. The molecule has 0 atom stereocenters. The van der Waals surface area contributed by atoms with E-state index < -0.39 is 0 Å². The van der Waals surface area contributed by atoms with E-state index >= 15 is 0 Å². The van der Waals surface area contributed by atoms with Crippen LogP contribution in [0.3, 0.4) is 0 Å². The van der Waals surface area contributed by atoms with Crippen LogP contribution < -0.4 is 10.5 Å². The maximum absolute atomic E-state index is 5.74. The summed E-state index contributed by atoms with van der Waals surface area (Å²) in [5, 5.41) is 0. The minimum absolute atomic E-state index is 0.504. The summed E-state index contributed by atoms with van der Waals surface area (Å²) in [6, 6.07) is 11.9. The van der Waals surface area contributed by atoms with Crippen LogP contribution >= 0.6 is 27.3 Å². The lowest BCUT2D eigenvalue weighted by atomic mass is 10.2. The molecule has 2 nitrogen and oxygen atoms in total. The number of para-hydroxylation sites is 1. The Labute approximate surface area is 107 Å². The van der Waals surface area contributed by atoms with E-state index in [9.17, 15) is 0 Å². The molecular formula is C12H12BrNOS. The molecule has 84 valence electrons. The third-order valence-electron chi connectivity index (χ3n) is 2.19. The van der Waals surface area contributed by atoms with Crippen molar-refractivity contribution < 1.29 is 4.74 Å². The summed E-state index contributed by atoms with van der Waals surface area (Å²) in [4.78, 5) is 1.19. The molecule has 0 aliphatic rings. The normalized spacial score (nSPS) is 10.4. The van der Waals surface area contributed by atoms with Gasteiger partial charge in [0.15, 0.2) is 0 Å². The van der Waals surface area contributed by atoms with Crippen molar-refractivity contribution in [1.29, 1.82) is 0 Å². The first-order valence-electron chi connectivity index (χ1n) is 4.94. The molecular weight excluding hydrogens is 286 g/mol. The van der Waals surface area contributed by atoms with E-state index in [1.54, 1.807) is 11.3 Å². The average Bonchev–Trinajstić information content (AvgIpc) is 2.73. The Morgan fingerprint density at radius 2 is 2.00 bits per heavy atom. The molecule has 1 aromatic carbocycles. The summed E-state index contributed by atoms with van der Waals surface area (Å²) in [6.45, 7) is 1.09. The summed E-state index contributed by atoms with van der Waals surface area (Å²) in [5.41, 5.74) is 6.68. The number of nitrogens with two attached hydrogens (primary N) is 1. The number of thiophene rings is 1. The zero-order chi connectivity index (χ0) is 11.4. The van der Waals surface area contributed by atoms with Gasteiger partial charge in [0, 0.05) is 17.0 Å². The molecule has 1 aromatic heterocycles. The maximum atomic E-state index is 5.74. The fraction of sp³-hybridized carbons (Fsp3) is 0.167. The van der Waals surface area contributed by atoms with Crippen LogP contribution in [-0.4, -0.2) is 0 Å². The van der Waals surface area contributed by atoms with Gasteiger partial charge in [-0.1, -0.05) is 18.2 Å². The van der Waals surface area contributed by atoms with Gasteiger partial charge < -0.3 is 10.5 Å². The molecule has 0 aliphatic carbocycles. The van der Waals surface area contributed by atoms with Gasteiger partial charge in [-0.3, -0.25) is 0 Å². The monoisotopic (exact) mass is 297 g/mol. The van der Waals surface area contributed by atoms with E-state index in [0.29, 0.717) is 13.2 Å². The van der Waals surface area contributed by atoms with Crippen molar-refractivity contribution in [3.8, 4) is 5.75 Å². The molecule has 0 bridgehead atoms. The van der Waals surface area contributed by atoms with Gasteiger partial charge in [-0.2, -0.15) is 0 Å². The highest BCUT2D eigenvalue weighted by Gasteiger charge is 2.02. The van der Waals surface area contributed by atoms with Crippen LogP contribution in [0.1, 0.15) is 10.4 Å². The predicted molar refractivity (Wildman–Crippen MR) is 70.7 cm³/mol. The summed E-state index contributed by atoms with van der Waals surface area (Å²) < 4.78 is 6.86. The summed E-state index contributed by atoms with van der Waals surface area (Å²) in [5.74, 6) is 0.870. The fourth-order valence-corrected chi connectivity index (χ4v) is 2.79. The van der Waals surface area contributed by atoms with Gasteiger partial charge in [0.25, 0.3) is 0 Å². The third-order valence-corrected chi connectivity index (χ3v) is 3.79. The second-order valence-electron chi connectivity index (χ2n) is 3.31. The Hall–Kier alpha value is -0.840. The highest BCUT2D eigenvalue weighted by Crippen LogP contribution is 2.24. The smallest absolute Gasteiger partial charge is 0.124 e. The number of halogens is 1. The number of benzene rings is 1. The molecule has 1 heterocycles. The minimum Gasteiger partial charge on any atom is -0.488 e. The molecule has 0 fully saturated rings. The van der Waals surface area contributed by atoms with Crippen molar-refractivity contribution in [2.24, 2.45) is 5.73 Å². The van der Waals surface area contributed by atoms with Crippen LogP contribution in [0.5, 0.6) is 5.75 Å². The quantitative estimate of drug-likeness (QED) is 0.937. The van der Waals surface area contributed by atoms with Gasteiger partial charge >= 0.3 is 0 Å². The summed E-state index contributed by atoms with van der Waals surface area (Å²) >= 11 is 5.11. The van der Waals surface area contributed by atoms with E-state index in [0.717, 1.165) is 15.1 Å². The molecule has 4 heteroatoms. The lowest BCUT2D eigenvalue weighted by molar-refractivity contribution is 0.306. The van der Waals surface area contributed by atoms with Crippen molar-refractivity contribution >= 4 is 27.3 Å². The molecule has 0 aliphatic heterocycles. The largest absolute Gasteiger partial charge is 0.488 e. The molecule has 16 heavy (non-hydrogen) atoms. The Kier molecular flexibility index (Phi) is 3.98. The zero-order valence-electron chi connectivity index (χ0n) is 8.65. The highest BCUT2D eigenvalue weighted by molar-refractivity contribution is 9.11. The van der Waals surface area contributed by atoms with Gasteiger partial charge in [-0.25, -0.2) is 0 Å². The molecule has 0 saturated heterocycles. The minimum atomic E-state index is 0.504. The number of rotatable bonds is 4. The number of ether oxygens (including phenoxy) is 1. The maximum Gasteiger partial charge on any atom is 0.124 e. The third kappa shape index (κ3) is 2.84.